The molecule has 20 heavy (non-hydrogen) atoms. The van der Waals surface area contributed by atoms with Crippen molar-refractivity contribution in [2.24, 2.45) is 5.92 Å². The zero-order valence-corrected chi connectivity index (χ0v) is 13.6. The Morgan fingerprint density at radius 2 is 1.95 bits per heavy atom. The summed E-state index contributed by atoms with van der Waals surface area (Å²) in [6.07, 6.45) is 1.90. The summed E-state index contributed by atoms with van der Waals surface area (Å²) in [6.45, 7) is 10.8. The van der Waals surface area contributed by atoms with E-state index in [0.717, 1.165) is 56.3 Å². The van der Waals surface area contributed by atoms with Gasteiger partial charge in [-0.25, -0.2) is 4.98 Å². The van der Waals surface area contributed by atoms with Crippen molar-refractivity contribution < 1.29 is 4.79 Å². The number of nitrogens with zero attached hydrogens (tertiary/aromatic N) is 3. The normalized spacial score (nSPS) is 16.9. The van der Waals surface area contributed by atoms with Crippen LogP contribution in [0, 0.1) is 12.8 Å². The maximum atomic E-state index is 12.3. The maximum Gasteiger partial charge on any atom is 0.225 e. The quantitative estimate of drug-likeness (QED) is 0.837. The molecule has 0 radical (unpaired) electrons. The van der Waals surface area contributed by atoms with Crippen molar-refractivity contribution in [2.75, 3.05) is 26.2 Å². The maximum absolute atomic E-state index is 12.3. The molecule has 0 N–H and O–H groups in total. The number of hydrogen-bond donors (Lipinski definition) is 0. The predicted molar refractivity (Wildman–Crippen MR) is 82.8 cm³/mol. The van der Waals surface area contributed by atoms with Gasteiger partial charge < -0.3 is 4.90 Å². The Kier molecular flexibility index (Phi) is 5.54. The van der Waals surface area contributed by atoms with Crippen molar-refractivity contribution >= 4 is 17.2 Å². The summed E-state index contributed by atoms with van der Waals surface area (Å²) in [7, 11) is 0. The van der Waals surface area contributed by atoms with E-state index in [1.54, 1.807) is 11.3 Å². The summed E-state index contributed by atoms with van der Waals surface area (Å²) in [4.78, 5) is 21.3. The average Bonchev–Trinajstić information content (AvgIpc) is 2.86. The predicted octanol–water partition coefficient (Wildman–Crippen LogP) is 2.53. The van der Waals surface area contributed by atoms with Gasteiger partial charge in [-0.15, -0.1) is 11.3 Å². The number of rotatable bonds is 5. The lowest BCUT2D eigenvalue weighted by Gasteiger charge is -2.36. The highest BCUT2D eigenvalue weighted by molar-refractivity contribution is 7.09. The summed E-state index contributed by atoms with van der Waals surface area (Å²) in [5.74, 6) is 0.557. The highest BCUT2D eigenvalue weighted by Crippen LogP contribution is 2.16. The zero-order chi connectivity index (χ0) is 14.5. The number of carbonyl (C=O) groups is 1. The molecular formula is C15H25N3OS. The van der Waals surface area contributed by atoms with Gasteiger partial charge in [-0.05, 0) is 19.8 Å². The monoisotopic (exact) mass is 295 g/mol. The number of thiazole rings is 1. The first-order valence-electron chi connectivity index (χ1n) is 7.56. The summed E-state index contributed by atoms with van der Waals surface area (Å²) in [5.41, 5.74) is 1.16. The molecule has 4 nitrogen and oxygen atoms in total. The smallest absolute Gasteiger partial charge is 0.225 e. The van der Waals surface area contributed by atoms with Gasteiger partial charge in [0.2, 0.25) is 5.91 Å². The van der Waals surface area contributed by atoms with Gasteiger partial charge in [0.15, 0.2) is 0 Å². The molecule has 0 spiro atoms. The largest absolute Gasteiger partial charge is 0.340 e. The number of carbonyl (C=O) groups excluding carboxylic acids is 1. The lowest BCUT2D eigenvalue weighted by Crippen LogP contribution is -2.49. The third kappa shape index (κ3) is 3.79. The number of amides is 1. The molecule has 0 unspecified atom stereocenters. The Morgan fingerprint density at radius 1 is 1.30 bits per heavy atom. The van der Waals surface area contributed by atoms with Crippen molar-refractivity contribution in [1.29, 1.82) is 0 Å². The molecule has 1 aromatic heterocycles. The standard InChI is InChI=1S/C15H25N3OS/c1-4-13(5-2)15(19)18-8-6-17(7-9-18)10-14-11-20-12(3)16-14/h11,13H,4-10H2,1-3H3. The van der Waals surface area contributed by atoms with E-state index in [2.05, 4.69) is 29.1 Å². The first kappa shape index (κ1) is 15.4. The Balaban J connectivity index is 1.81. The van der Waals surface area contributed by atoms with Gasteiger partial charge in [-0.3, -0.25) is 9.69 Å². The van der Waals surface area contributed by atoms with Gasteiger partial charge in [0.1, 0.15) is 0 Å². The Morgan fingerprint density at radius 3 is 2.45 bits per heavy atom. The van der Waals surface area contributed by atoms with Crippen molar-refractivity contribution in [3.8, 4) is 0 Å². The highest BCUT2D eigenvalue weighted by Gasteiger charge is 2.25. The summed E-state index contributed by atoms with van der Waals surface area (Å²) in [6, 6.07) is 0. The molecule has 5 heteroatoms. The molecule has 1 aliphatic rings. The SMILES string of the molecule is CCC(CC)C(=O)N1CCN(Cc2csc(C)n2)CC1. The molecule has 2 heterocycles. The van der Waals surface area contributed by atoms with Crippen LogP contribution in [0.1, 0.15) is 37.4 Å². The summed E-state index contributed by atoms with van der Waals surface area (Å²) in [5, 5.41) is 3.26. The molecule has 0 aliphatic carbocycles. The molecule has 1 amide bonds. The van der Waals surface area contributed by atoms with Crippen LogP contribution in [0.4, 0.5) is 0 Å². The van der Waals surface area contributed by atoms with Crippen molar-refractivity contribution in [1.82, 2.24) is 14.8 Å². The number of hydrogen-bond acceptors (Lipinski definition) is 4. The second kappa shape index (κ2) is 7.18. The van der Waals surface area contributed by atoms with Crippen LogP contribution in [0.5, 0.6) is 0 Å². The molecule has 0 aromatic carbocycles. The van der Waals surface area contributed by atoms with Crippen LogP contribution in [0.25, 0.3) is 0 Å². The Labute approximate surface area is 125 Å². The molecule has 1 aromatic rings. The molecule has 112 valence electrons. The van der Waals surface area contributed by atoms with Crippen LogP contribution in [0.2, 0.25) is 0 Å². The van der Waals surface area contributed by atoms with Crippen LogP contribution in [-0.4, -0.2) is 46.9 Å². The van der Waals surface area contributed by atoms with Crippen LogP contribution in [0.15, 0.2) is 5.38 Å². The minimum Gasteiger partial charge on any atom is -0.340 e. The molecule has 2 rings (SSSR count). The van der Waals surface area contributed by atoms with E-state index in [0.29, 0.717) is 5.91 Å². The van der Waals surface area contributed by atoms with Crippen LogP contribution < -0.4 is 0 Å². The fraction of sp³-hybridized carbons (Fsp3) is 0.733. The number of aryl methyl sites for hydroxylation is 1. The molecule has 0 saturated carbocycles. The third-order valence-electron chi connectivity index (χ3n) is 4.07. The highest BCUT2D eigenvalue weighted by atomic mass is 32.1. The molecule has 1 fully saturated rings. The van der Waals surface area contributed by atoms with E-state index < -0.39 is 0 Å². The van der Waals surface area contributed by atoms with E-state index in [4.69, 9.17) is 0 Å². The van der Waals surface area contributed by atoms with E-state index in [9.17, 15) is 4.79 Å². The van der Waals surface area contributed by atoms with Crippen molar-refractivity contribution in [2.45, 2.75) is 40.2 Å². The number of aromatic nitrogens is 1. The minimum atomic E-state index is 0.211. The second-order valence-electron chi connectivity index (χ2n) is 5.47. The first-order chi connectivity index (χ1) is 9.63. The van der Waals surface area contributed by atoms with E-state index in [1.807, 2.05) is 11.8 Å². The Hall–Kier alpha value is -0.940. The van der Waals surface area contributed by atoms with Gasteiger partial charge in [0, 0.05) is 44.0 Å². The van der Waals surface area contributed by atoms with Crippen LogP contribution in [-0.2, 0) is 11.3 Å². The molecule has 0 bridgehead atoms. The molecule has 1 aliphatic heterocycles. The fourth-order valence-electron chi connectivity index (χ4n) is 2.73. The summed E-state index contributed by atoms with van der Waals surface area (Å²) < 4.78 is 0. The van der Waals surface area contributed by atoms with Gasteiger partial charge >= 0.3 is 0 Å². The van der Waals surface area contributed by atoms with Crippen LogP contribution in [0.3, 0.4) is 0 Å². The van der Waals surface area contributed by atoms with Crippen molar-refractivity contribution in [3.63, 3.8) is 0 Å². The lowest BCUT2D eigenvalue weighted by molar-refractivity contribution is -0.137. The van der Waals surface area contributed by atoms with Gasteiger partial charge in [-0.1, -0.05) is 13.8 Å². The lowest BCUT2D eigenvalue weighted by atomic mass is 10.0. The van der Waals surface area contributed by atoms with E-state index in [1.165, 1.54) is 0 Å². The Bertz CT molecular complexity index is 434. The van der Waals surface area contributed by atoms with Gasteiger partial charge in [0.25, 0.3) is 0 Å². The topological polar surface area (TPSA) is 36.4 Å². The average molecular weight is 295 g/mol. The van der Waals surface area contributed by atoms with Crippen molar-refractivity contribution in [3.05, 3.63) is 16.1 Å². The molecule has 1 saturated heterocycles. The van der Waals surface area contributed by atoms with E-state index >= 15 is 0 Å². The first-order valence-corrected chi connectivity index (χ1v) is 8.44. The third-order valence-corrected chi connectivity index (χ3v) is 4.89. The van der Waals surface area contributed by atoms with Crippen LogP contribution >= 0.6 is 11.3 Å². The fourth-order valence-corrected chi connectivity index (χ4v) is 3.34. The number of piperazine rings is 1. The van der Waals surface area contributed by atoms with Gasteiger partial charge in [-0.2, -0.15) is 0 Å². The molecule has 0 atom stereocenters. The zero-order valence-electron chi connectivity index (χ0n) is 12.8. The second-order valence-corrected chi connectivity index (χ2v) is 6.53. The summed E-state index contributed by atoms with van der Waals surface area (Å²) >= 11 is 1.71. The molecular weight excluding hydrogens is 270 g/mol. The van der Waals surface area contributed by atoms with E-state index in [-0.39, 0.29) is 5.92 Å². The minimum absolute atomic E-state index is 0.211. The van der Waals surface area contributed by atoms with Gasteiger partial charge in [0.05, 0.1) is 10.7 Å².